The van der Waals surface area contributed by atoms with Crippen molar-refractivity contribution in [3.63, 3.8) is 0 Å². The summed E-state index contributed by atoms with van der Waals surface area (Å²) in [7, 11) is 1.55. The molecule has 31 heavy (non-hydrogen) atoms. The summed E-state index contributed by atoms with van der Waals surface area (Å²) in [4.78, 5) is 0. The van der Waals surface area contributed by atoms with Gasteiger partial charge >= 0.3 is 0 Å². The van der Waals surface area contributed by atoms with E-state index >= 15 is 0 Å². The van der Waals surface area contributed by atoms with E-state index < -0.39 is 0 Å². The molecule has 3 aromatic carbocycles. The number of anilines is 1. The average Bonchev–Trinajstić information content (AvgIpc) is 2.78. The summed E-state index contributed by atoms with van der Waals surface area (Å²) < 4.78 is 5.35. The van der Waals surface area contributed by atoms with Gasteiger partial charge in [0, 0.05) is 17.2 Å². The molecule has 0 fully saturated rings. The van der Waals surface area contributed by atoms with E-state index in [1.807, 2.05) is 36.4 Å². The van der Waals surface area contributed by atoms with Crippen molar-refractivity contribution in [3.05, 3.63) is 82.4 Å². The van der Waals surface area contributed by atoms with E-state index in [2.05, 4.69) is 11.4 Å². The van der Waals surface area contributed by atoms with Gasteiger partial charge < -0.3 is 26.0 Å². The zero-order valence-electron chi connectivity index (χ0n) is 17.2. The van der Waals surface area contributed by atoms with Crippen LogP contribution in [0.4, 0.5) is 5.69 Å². The normalized spacial score (nSPS) is 21.3. The van der Waals surface area contributed by atoms with Crippen LogP contribution in [-0.4, -0.2) is 23.2 Å². The topological polar surface area (TPSA) is 112 Å². The van der Waals surface area contributed by atoms with Crippen LogP contribution in [0.2, 0.25) is 0 Å². The van der Waals surface area contributed by atoms with Gasteiger partial charge in [0.1, 0.15) is 11.6 Å². The van der Waals surface area contributed by atoms with Crippen molar-refractivity contribution in [1.82, 2.24) is 0 Å². The van der Waals surface area contributed by atoms with Crippen LogP contribution in [0, 0.1) is 11.3 Å². The monoisotopic (exact) mass is 415 g/mol. The van der Waals surface area contributed by atoms with Crippen molar-refractivity contribution < 1.29 is 14.9 Å². The van der Waals surface area contributed by atoms with Crippen LogP contribution in [-0.2, 0) is 6.42 Å². The highest BCUT2D eigenvalue weighted by atomic mass is 16.5. The molecule has 0 bridgehead atoms. The van der Waals surface area contributed by atoms with Gasteiger partial charge in [0.15, 0.2) is 11.5 Å². The Balaban J connectivity index is 1.70. The number of nitrogen functional groups attached to an aromatic ring is 1. The number of amidine groups is 1. The number of nitrogens with one attached hydrogen (secondary N) is 2. The molecular formula is C25H25N3O3. The van der Waals surface area contributed by atoms with Crippen molar-refractivity contribution in [3.8, 4) is 17.2 Å². The fraction of sp³-hybridized carbons (Fsp3) is 0.240. The maximum Gasteiger partial charge on any atom is 0.160 e. The lowest BCUT2D eigenvalue weighted by Gasteiger charge is -2.45. The van der Waals surface area contributed by atoms with Gasteiger partial charge in [-0.15, -0.1) is 0 Å². The zero-order chi connectivity index (χ0) is 21.7. The lowest BCUT2D eigenvalue weighted by atomic mass is 9.65. The molecule has 6 N–H and O–H groups in total. The Bertz CT molecular complexity index is 1190. The van der Waals surface area contributed by atoms with Crippen molar-refractivity contribution in [2.75, 3.05) is 12.4 Å². The quantitative estimate of drug-likeness (QED) is 0.324. The lowest BCUT2D eigenvalue weighted by molar-refractivity contribution is 0.338. The summed E-state index contributed by atoms with van der Waals surface area (Å²) >= 11 is 0. The number of hydrogen-bond acceptors (Lipinski definition) is 5. The van der Waals surface area contributed by atoms with Crippen LogP contribution in [0.1, 0.15) is 46.2 Å². The third-order valence-corrected chi connectivity index (χ3v) is 6.68. The second-order valence-corrected chi connectivity index (χ2v) is 8.29. The van der Waals surface area contributed by atoms with Crippen molar-refractivity contribution in [1.29, 1.82) is 5.41 Å². The Hall–Kier alpha value is -3.67. The Kier molecular flexibility index (Phi) is 4.50. The number of benzene rings is 3. The number of fused-ring (bicyclic) bond motifs is 5. The minimum atomic E-state index is 0.00526. The molecule has 6 heteroatoms. The molecule has 0 amide bonds. The largest absolute Gasteiger partial charge is 0.508 e. The van der Waals surface area contributed by atoms with Gasteiger partial charge in [-0.1, -0.05) is 18.2 Å². The number of ether oxygens (including phenoxy) is 1. The number of methoxy groups -OCH3 is 1. The number of phenols is 2. The predicted molar refractivity (Wildman–Crippen MR) is 120 cm³/mol. The molecule has 0 spiro atoms. The molecule has 1 aliphatic heterocycles. The second-order valence-electron chi connectivity index (χ2n) is 8.29. The van der Waals surface area contributed by atoms with E-state index in [0.717, 1.165) is 40.8 Å². The first-order valence-electron chi connectivity index (χ1n) is 10.4. The highest BCUT2D eigenvalue weighted by Gasteiger charge is 2.42. The highest BCUT2D eigenvalue weighted by Crippen LogP contribution is 2.54. The first-order valence-corrected chi connectivity index (χ1v) is 10.4. The molecule has 0 radical (unpaired) electrons. The molecule has 1 aliphatic carbocycles. The van der Waals surface area contributed by atoms with E-state index in [1.54, 1.807) is 19.2 Å². The Morgan fingerprint density at radius 1 is 1.06 bits per heavy atom. The second kappa shape index (κ2) is 7.23. The summed E-state index contributed by atoms with van der Waals surface area (Å²) in [5.41, 5.74) is 11.7. The molecule has 5 rings (SSSR count). The molecule has 3 aromatic rings. The molecule has 0 aromatic heterocycles. The molecule has 158 valence electrons. The fourth-order valence-corrected chi connectivity index (χ4v) is 5.23. The Morgan fingerprint density at radius 3 is 2.68 bits per heavy atom. The van der Waals surface area contributed by atoms with Gasteiger partial charge in [-0.25, -0.2) is 0 Å². The van der Waals surface area contributed by atoms with Gasteiger partial charge in [0.05, 0.1) is 13.2 Å². The maximum absolute atomic E-state index is 10.5. The number of aromatic hydroxyl groups is 2. The molecule has 3 atom stereocenters. The third kappa shape index (κ3) is 3.06. The predicted octanol–water partition coefficient (Wildman–Crippen LogP) is 4.25. The molecule has 2 aliphatic rings. The minimum Gasteiger partial charge on any atom is -0.508 e. The van der Waals surface area contributed by atoms with E-state index in [1.165, 1.54) is 0 Å². The number of rotatable bonds is 3. The van der Waals surface area contributed by atoms with Crippen molar-refractivity contribution in [2.45, 2.75) is 24.8 Å². The minimum absolute atomic E-state index is 0.00526. The summed E-state index contributed by atoms with van der Waals surface area (Å²) in [5.74, 6) is 1.21. The average molecular weight is 415 g/mol. The van der Waals surface area contributed by atoms with Crippen LogP contribution >= 0.6 is 0 Å². The van der Waals surface area contributed by atoms with Gasteiger partial charge in [-0.2, -0.15) is 0 Å². The van der Waals surface area contributed by atoms with Gasteiger partial charge in [0.2, 0.25) is 0 Å². The van der Waals surface area contributed by atoms with Crippen LogP contribution in [0.5, 0.6) is 17.2 Å². The van der Waals surface area contributed by atoms with E-state index in [9.17, 15) is 10.2 Å². The lowest BCUT2D eigenvalue weighted by Crippen LogP contribution is -2.35. The summed E-state index contributed by atoms with van der Waals surface area (Å²) in [6.07, 6.45) is 1.68. The number of phenolic OH excluding ortho intramolecular Hbond substituents is 2. The summed E-state index contributed by atoms with van der Waals surface area (Å²) in [6.45, 7) is 0. The molecule has 1 heterocycles. The van der Waals surface area contributed by atoms with Crippen LogP contribution < -0.4 is 15.8 Å². The zero-order valence-corrected chi connectivity index (χ0v) is 17.2. The van der Waals surface area contributed by atoms with Gasteiger partial charge in [0.25, 0.3) is 0 Å². The van der Waals surface area contributed by atoms with Crippen LogP contribution in [0.15, 0.2) is 54.6 Å². The summed E-state index contributed by atoms with van der Waals surface area (Å²) in [6, 6.07) is 17.1. The van der Waals surface area contributed by atoms with Crippen molar-refractivity contribution in [2.24, 2.45) is 11.7 Å². The van der Waals surface area contributed by atoms with Gasteiger partial charge in [-0.05, 0) is 77.4 Å². The molecule has 0 saturated carbocycles. The number of hydrogen-bond donors (Lipinski definition) is 5. The van der Waals surface area contributed by atoms with E-state index in [4.69, 9.17) is 15.9 Å². The SMILES string of the molecule is COc1cc(C2Nc3ccc(C(=N)N)cc3C3c4cccc(O)c4CCC23)ccc1O. The standard InChI is InChI=1S/C25H25N3O3/c1-31-22-12-13(6-10-21(22)30)24-17-8-7-15-16(3-2-4-20(15)29)23(17)18-11-14(25(26)27)5-9-19(18)28-24/h2-6,9-12,17,23-24,28-30H,7-8H2,1H3,(H3,26,27). The van der Waals surface area contributed by atoms with Crippen LogP contribution in [0.25, 0.3) is 0 Å². The van der Waals surface area contributed by atoms with Gasteiger partial charge in [-0.3, -0.25) is 5.41 Å². The Labute approximate surface area is 180 Å². The highest BCUT2D eigenvalue weighted by molar-refractivity contribution is 5.95. The molecule has 3 unspecified atom stereocenters. The van der Waals surface area contributed by atoms with E-state index in [0.29, 0.717) is 17.1 Å². The molecule has 6 nitrogen and oxygen atoms in total. The first-order chi connectivity index (χ1) is 15.0. The first kappa shape index (κ1) is 19.3. The fourth-order valence-electron chi connectivity index (χ4n) is 5.23. The van der Waals surface area contributed by atoms with Crippen LogP contribution in [0.3, 0.4) is 0 Å². The molecule has 0 saturated heterocycles. The maximum atomic E-state index is 10.5. The summed E-state index contributed by atoms with van der Waals surface area (Å²) in [5, 5.41) is 32.1. The molecular weight excluding hydrogens is 390 g/mol. The third-order valence-electron chi connectivity index (χ3n) is 6.68. The Morgan fingerprint density at radius 2 is 1.90 bits per heavy atom. The number of nitrogens with two attached hydrogens (primary N) is 1. The smallest absolute Gasteiger partial charge is 0.160 e. The van der Waals surface area contributed by atoms with E-state index in [-0.39, 0.29) is 29.5 Å². The van der Waals surface area contributed by atoms with Crippen molar-refractivity contribution >= 4 is 11.5 Å².